The van der Waals surface area contributed by atoms with Crippen molar-refractivity contribution in [2.45, 2.75) is 25.3 Å². The zero-order valence-electron chi connectivity index (χ0n) is 9.15. The molecule has 17 heavy (non-hydrogen) atoms. The van der Waals surface area contributed by atoms with Gasteiger partial charge >= 0.3 is 5.97 Å². The summed E-state index contributed by atoms with van der Waals surface area (Å²) in [5.74, 6) is -1.25. The molecular formula is C11H13ClN2O3. The third-order valence-corrected chi connectivity index (χ3v) is 3.15. The second-order valence-electron chi connectivity index (χ2n) is 4.08. The summed E-state index contributed by atoms with van der Waals surface area (Å²) in [6.45, 7) is 0.479. The number of carbonyl (C=O) groups is 2. The maximum atomic E-state index is 12.1. The average molecular weight is 257 g/mol. The Labute approximate surface area is 103 Å². The van der Waals surface area contributed by atoms with Crippen molar-refractivity contribution < 1.29 is 14.7 Å². The molecule has 1 atom stereocenters. The van der Waals surface area contributed by atoms with Crippen LogP contribution in [0.2, 0.25) is 5.02 Å². The van der Waals surface area contributed by atoms with E-state index >= 15 is 0 Å². The number of rotatable bonds is 2. The normalized spacial score (nSPS) is 20.3. The maximum Gasteiger partial charge on any atom is 0.326 e. The Morgan fingerprint density at radius 2 is 2.24 bits per heavy atom. The minimum atomic E-state index is -0.948. The molecule has 1 fully saturated rings. The molecule has 1 aromatic rings. The second-order valence-corrected chi connectivity index (χ2v) is 4.52. The quantitative estimate of drug-likeness (QED) is 0.847. The number of piperidine rings is 1. The molecule has 6 heteroatoms. The number of aromatic nitrogens is 1. The lowest BCUT2D eigenvalue weighted by Crippen LogP contribution is -2.48. The van der Waals surface area contributed by atoms with Gasteiger partial charge in [-0.25, -0.2) is 4.79 Å². The van der Waals surface area contributed by atoms with E-state index in [-0.39, 0.29) is 5.91 Å². The van der Waals surface area contributed by atoms with E-state index in [9.17, 15) is 9.59 Å². The van der Waals surface area contributed by atoms with E-state index in [1.165, 1.54) is 17.2 Å². The molecule has 0 bridgehead atoms. The summed E-state index contributed by atoms with van der Waals surface area (Å²) in [5.41, 5.74) is 0.336. The largest absolute Gasteiger partial charge is 0.480 e. The van der Waals surface area contributed by atoms with Crippen LogP contribution in [-0.2, 0) is 4.79 Å². The maximum absolute atomic E-state index is 12.1. The lowest BCUT2D eigenvalue weighted by atomic mass is 10.0. The SMILES string of the molecule is O=C(O)[C@@H]1CCCCN1C(=O)c1cc(Cl)c[nH]1. The first-order chi connectivity index (χ1) is 8.09. The Hall–Kier alpha value is -1.49. The molecule has 0 saturated carbocycles. The van der Waals surface area contributed by atoms with E-state index in [0.717, 1.165) is 12.8 Å². The van der Waals surface area contributed by atoms with Crippen molar-refractivity contribution in [1.29, 1.82) is 0 Å². The molecule has 2 heterocycles. The monoisotopic (exact) mass is 256 g/mol. The fraction of sp³-hybridized carbons (Fsp3) is 0.455. The number of hydrogen-bond acceptors (Lipinski definition) is 2. The van der Waals surface area contributed by atoms with Crippen LogP contribution >= 0.6 is 11.6 Å². The molecule has 2 rings (SSSR count). The van der Waals surface area contributed by atoms with Crippen LogP contribution in [0, 0.1) is 0 Å². The average Bonchev–Trinajstić information content (AvgIpc) is 2.75. The zero-order valence-corrected chi connectivity index (χ0v) is 9.91. The number of hydrogen-bond donors (Lipinski definition) is 2. The number of nitrogens with one attached hydrogen (secondary N) is 1. The topological polar surface area (TPSA) is 73.4 Å². The Balaban J connectivity index is 2.19. The number of nitrogens with zero attached hydrogens (tertiary/aromatic N) is 1. The first-order valence-corrected chi connectivity index (χ1v) is 5.85. The van der Waals surface area contributed by atoms with Gasteiger partial charge in [0, 0.05) is 12.7 Å². The number of carboxylic acids is 1. The summed E-state index contributed by atoms with van der Waals surface area (Å²) < 4.78 is 0. The van der Waals surface area contributed by atoms with Crippen molar-refractivity contribution in [3.8, 4) is 0 Å². The summed E-state index contributed by atoms with van der Waals surface area (Å²) in [7, 11) is 0. The van der Waals surface area contributed by atoms with Crippen molar-refractivity contribution >= 4 is 23.5 Å². The summed E-state index contributed by atoms with van der Waals surface area (Å²) in [6, 6.07) is 0.788. The van der Waals surface area contributed by atoms with Crippen LogP contribution in [0.3, 0.4) is 0 Å². The molecule has 0 aromatic carbocycles. The molecule has 1 aliphatic rings. The Morgan fingerprint density at radius 3 is 2.82 bits per heavy atom. The molecule has 1 aromatic heterocycles. The van der Waals surface area contributed by atoms with Gasteiger partial charge in [-0.3, -0.25) is 4.79 Å². The van der Waals surface area contributed by atoms with Gasteiger partial charge < -0.3 is 15.0 Å². The smallest absolute Gasteiger partial charge is 0.326 e. The minimum Gasteiger partial charge on any atom is -0.480 e. The first-order valence-electron chi connectivity index (χ1n) is 5.47. The van der Waals surface area contributed by atoms with E-state index in [1.54, 1.807) is 0 Å². The summed E-state index contributed by atoms with van der Waals surface area (Å²) in [5, 5.41) is 9.52. The van der Waals surface area contributed by atoms with Crippen LogP contribution in [0.5, 0.6) is 0 Å². The number of amides is 1. The van der Waals surface area contributed by atoms with E-state index in [1.807, 2.05) is 0 Å². The van der Waals surface area contributed by atoms with Gasteiger partial charge in [0.15, 0.2) is 0 Å². The lowest BCUT2D eigenvalue weighted by molar-refractivity contribution is -0.143. The third kappa shape index (κ3) is 2.44. The zero-order chi connectivity index (χ0) is 12.4. The van der Waals surface area contributed by atoms with Gasteiger partial charge in [-0.1, -0.05) is 11.6 Å². The molecular weight excluding hydrogens is 244 g/mol. The fourth-order valence-electron chi connectivity index (χ4n) is 2.08. The van der Waals surface area contributed by atoms with Crippen LogP contribution in [0.25, 0.3) is 0 Å². The Kier molecular flexibility index (Phi) is 3.38. The van der Waals surface area contributed by atoms with Gasteiger partial charge in [-0.2, -0.15) is 0 Å². The van der Waals surface area contributed by atoms with Gasteiger partial charge in [0.1, 0.15) is 11.7 Å². The highest BCUT2D eigenvalue weighted by atomic mass is 35.5. The van der Waals surface area contributed by atoms with Gasteiger partial charge in [0.2, 0.25) is 0 Å². The molecule has 0 radical (unpaired) electrons. The number of carboxylic acid groups (broad SMARTS) is 1. The highest BCUT2D eigenvalue weighted by Gasteiger charge is 2.32. The minimum absolute atomic E-state index is 0.302. The van der Waals surface area contributed by atoms with Crippen LogP contribution in [-0.4, -0.2) is 39.5 Å². The van der Waals surface area contributed by atoms with Crippen molar-refractivity contribution in [3.05, 3.63) is 23.0 Å². The van der Waals surface area contributed by atoms with Gasteiger partial charge in [-0.15, -0.1) is 0 Å². The van der Waals surface area contributed by atoms with Gasteiger partial charge in [0.05, 0.1) is 5.02 Å². The predicted octanol–water partition coefficient (Wildman–Crippen LogP) is 1.75. The fourth-order valence-corrected chi connectivity index (χ4v) is 2.24. The predicted molar refractivity (Wildman–Crippen MR) is 62.1 cm³/mol. The molecule has 1 saturated heterocycles. The first kappa shape index (κ1) is 12.0. The van der Waals surface area contributed by atoms with Gasteiger partial charge in [-0.05, 0) is 25.3 Å². The summed E-state index contributed by atoms with van der Waals surface area (Å²) >= 11 is 5.72. The van der Waals surface area contributed by atoms with Gasteiger partial charge in [0.25, 0.3) is 5.91 Å². The molecule has 1 aliphatic heterocycles. The Bertz CT molecular complexity index is 444. The molecule has 5 nitrogen and oxygen atoms in total. The van der Waals surface area contributed by atoms with Crippen LogP contribution in [0.4, 0.5) is 0 Å². The third-order valence-electron chi connectivity index (χ3n) is 2.93. The molecule has 2 N–H and O–H groups in total. The lowest BCUT2D eigenvalue weighted by Gasteiger charge is -2.32. The Morgan fingerprint density at radius 1 is 1.47 bits per heavy atom. The van der Waals surface area contributed by atoms with E-state index in [0.29, 0.717) is 23.7 Å². The number of likely N-dealkylation sites (tertiary alicyclic amines) is 1. The number of carbonyl (C=O) groups excluding carboxylic acids is 1. The molecule has 0 spiro atoms. The number of halogens is 1. The number of H-pyrrole nitrogens is 1. The summed E-state index contributed by atoms with van der Waals surface area (Å²) in [6.07, 6.45) is 3.69. The molecule has 0 aliphatic carbocycles. The highest BCUT2D eigenvalue weighted by Crippen LogP contribution is 2.20. The van der Waals surface area contributed by atoms with Crippen LogP contribution in [0.15, 0.2) is 12.3 Å². The summed E-state index contributed by atoms with van der Waals surface area (Å²) in [4.78, 5) is 27.3. The highest BCUT2D eigenvalue weighted by molar-refractivity contribution is 6.31. The second kappa shape index (κ2) is 4.79. The van der Waals surface area contributed by atoms with Crippen LogP contribution < -0.4 is 0 Å². The van der Waals surface area contributed by atoms with Crippen LogP contribution in [0.1, 0.15) is 29.8 Å². The standard InChI is InChI=1S/C11H13ClN2O3/c12-7-5-8(13-6-7)10(15)14-4-2-1-3-9(14)11(16)17/h5-6,9,13H,1-4H2,(H,16,17)/t9-/m0/s1. The van der Waals surface area contributed by atoms with E-state index < -0.39 is 12.0 Å². The van der Waals surface area contributed by atoms with Crippen molar-refractivity contribution in [1.82, 2.24) is 9.88 Å². The number of aliphatic carboxylic acids is 1. The van der Waals surface area contributed by atoms with E-state index in [2.05, 4.69) is 4.98 Å². The van der Waals surface area contributed by atoms with E-state index in [4.69, 9.17) is 16.7 Å². The molecule has 1 amide bonds. The molecule has 0 unspecified atom stereocenters. The molecule has 92 valence electrons. The van der Waals surface area contributed by atoms with Crippen molar-refractivity contribution in [2.24, 2.45) is 0 Å². The van der Waals surface area contributed by atoms with Crippen molar-refractivity contribution in [3.63, 3.8) is 0 Å². The van der Waals surface area contributed by atoms with Crippen molar-refractivity contribution in [2.75, 3.05) is 6.54 Å². The number of aromatic amines is 1.